The summed E-state index contributed by atoms with van der Waals surface area (Å²) in [7, 11) is 0. The number of ether oxygens (including phenoxy) is 1. The standard InChI is InChI=1S/C23H25NO4/c1-23(2,3)12-4-6-13(7-5-12)28-18(25)11-24-21(26)19-14-8-9-15(17-10-16(14)17)20(19)22(24)27/h4-9,14-17,19-20H,10-11H2,1-3H3/t14-,15+,16-,17-,19+,20+/m1/s1. The molecule has 2 bridgehead atoms. The van der Waals surface area contributed by atoms with E-state index in [-0.39, 0.29) is 47.4 Å². The molecule has 5 nitrogen and oxygen atoms in total. The van der Waals surface area contributed by atoms with E-state index in [1.165, 1.54) is 0 Å². The van der Waals surface area contributed by atoms with E-state index in [0.29, 0.717) is 17.6 Å². The topological polar surface area (TPSA) is 63.7 Å². The number of hydrogen-bond donors (Lipinski definition) is 0. The number of benzene rings is 1. The Labute approximate surface area is 164 Å². The molecule has 4 aliphatic carbocycles. The van der Waals surface area contributed by atoms with Crippen molar-refractivity contribution in [3.8, 4) is 5.75 Å². The van der Waals surface area contributed by atoms with Crippen LogP contribution in [-0.4, -0.2) is 29.2 Å². The molecule has 6 rings (SSSR count). The maximum Gasteiger partial charge on any atom is 0.331 e. The van der Waals surface area contributed by atoms with Crippen molar-refractivity contribution < 1.29 is 19.1 Å². The fourth-order valence-corrected chi connectivity index (χ4v) is 5.49. The lowest BCUT2D eigenvalue weighted by Gasteiger charge is -2.37. The summed E-state index contributed by atoms with van der Waals surface area (Å²) in [6.45, 7) is 6.04. The molecule has 2 amide bonds. The third-order valence-electron chi connectivity index (χ3n) is 6.99. The second-order valence-corrected chi connectivity index (χ2v) is 9.67. The van der Waals surface area contributed by atoms with Gasteiger partial charge in [-0.15, -0.1) is 0 Å². The van der Waals surface area contributed by atoms with E-state index < -0.39 is 5.97 Å². The zero-order chi connectivity index (χ0) is 19.8. The molecule has 0 radical (unpaired) electrons. The Bertz CT molecular complexity index is 858. The van der Waals surface area contributed by atoms with E-state index in [1.807, 2.05) is 12.1 Å². The van der Waals surface area contributed by atoms with Crippen LogP contribution in [0, 0.1) is 35.5 Å². The van der Waals surface area contributed by atoms with Gasteiger partial charge in [0.1, 0.15) is 12.3 Å². The van der Waals surface area contributed by atoms with Gasteiger partial charge in [0, 0.05) is 0 Å². The minimum atomic E-state index is -0.575. The van der Waals surface area contributed by atoms with Crippen LogP contribution in [0.3, 0.4) is 0 Å². The zero-order valence-corrected chi connectivity index (χ0v) is 16.4. The molecule has 0 aromatic heterocycles. The largest absolute Gasteiger partial charge is 0.425 e. The summed E-state index contributed by atoms with van der Waals surface area (Å²) in [6, 6.07) is 7.37. The van der Waals surface area contributed by atoms with Gasteiger partial charge in [0.05, 0.1) is 11.8 Å². The van der Waals surface area contributed by atoms with Crippen LogP contribution >= 0.6 is 0 Å². The molecule has 1 aliphatic heterocycles. The Morgan fingerprint density at radius 1 is 1.00 bits per heavy atom. The first kappa shape index (κ1) is 17.7. The van der Waals surface area contributed by atoms with Crippen molar-refractivity contribution in [2.45, 2.75) is 32.6 Å². The van der Waals surface area contributed by atoms with Gasteiger partial charge in [0.25, 0.3) is 0 Å². The highest BCUT2D eigenvalue weighted by Gasteiger charge is 2.67. The second-order valence-electron chi connectivity index (χ2n) is 9.67. The maximum atomic E-state index is 12.9. The van der Waals surface area contributed by atoms with Crippen molar-refractivity contribution in [1.82, 2.24) is 4.90 Å². The molecule has 3 fully saturated rings. The molecule has 28 heavy (non-hydrogen) atoms. The van der Waals surface area contributed by atoms with E-state index in [0.717, 1.165) is 16.9 Å². The first-order valence-electron chi connectivity index (χ1n) is 10.1. The van der Waals surface area contributed by atoms with Crippen LogP contribution in [0.15, 0.2) is 36.4 Å². The molecule has 6 atom stereocenters. The summed E-state index contributed by atoms with van der Waals surface area (Å²) in [5.41, 5.74) is 1.16. The number of amides is 2. The Morgan fingerprint density at radius 2 is 1.54 bits per heavy atom. The number of carbonyl (C=O) groups excluding carboxylic acids is 3. The molecular formula is C23H25NO4. The molecular weight excluding hydrogens is 354 g/mol. The normalized spacial score (nSPS) is 35.0. The molecule has 5 heteroatoms. The molecule has 5 aliphatic rings. The average molecular weight is 379 g/mol. The van der Waals surface area contributed by atoms with E-state index in [4.69, 9.17) is 4.74 Å². The predicted octanol–water partition coefficient (Wildman–Crippen LogP) is 2.94. The number of rotatable bonds is 3. The maximum absolute atomic E-state index is 12.9. The molecule has 0 spiro atoms. The third kappa shape index (κ3) is 2.55. The lowest BCUT2D eigenvalue weighted by atomic mass is 9.63. The van der Waals surface area contributed by atoms with E-state index in [1.54, 1.807) is 12.1 Å². The van der Waals surface area contributed by atoms with Crippen LogP contribution in [-0.2, 0) is 19.8 Å². The molecule has 0 unspecified atom stereocenters. The Hall–Kier alpha value is -2.43. The van der Waals surface area contributed by atoms with Crippen molar-refractivity contribution in [1.29, 1.82) is 0 Å². The molecule has 2 saturated carbocycles. The van der Waals surface area contributed by atoms with Crippen molar-refractivity contribution in [2.75, 3.05) is 6.54 Å². The van der Waals surface area contributed by atoms with Crippen molar-refractivity contribution in [3.05, 3.63) is 42.0 Å². The first-order valence-corrected chi connectivity index (χ1v) is 10.1. The van der Waals surface area contributed by atoms with E-state index >= 15 is 0 Å². The Morgan fingerprint density at radius 3 is 2.04 bits per heavy atom. The number of esters is 1. The third-order valence-corrected chi connectivity index (χ3v) is 6.99. The van der Waals surface area contributed by atoms with Crippen LogP contribution in [0.25, 0.3) is 0 Å². The zero-order valence-electron chi connectivity index (χ0n) is 16.4. The summed E-state index contributed by atoms with van der Waals surface area (Å²) in [5.74, 6) is 0.369. The fourth-order valence-electron chi connectivity index (χ4n) is 5.49. The molecule has 146 valence electrons. The monoisotopic (exact) mass is 379 g/mol. The van der Waals surface area contributed by atoms with Gasteiger partial charge in [-0.05, 0) is 53.2 Å². The van der Waals surface area contributed by atoms with Crippen LogP contribution < -0.4 is 4.74 Å². The number of hydrogen-bond acceptors (Lipinski definition) is 4. The van der Waals surface area contributed by atoms with Gasteiger partial charge in [-0.1, -0.05) is 45.1 Å². The number of nitrogens with zero attached hydrogens (tertiary/aromatic N) is 1. The minimum absolute atomic E-state index is 0.0152. The highest BCUT2D eigenvalue weighted by molar-refractivity contribution is 6.08. The van der Waals surface area contributed by atoms with Gasteiger partial charge in [-0.2, -0.15) is 0 Å². The van der Waals surface area contributed by atoms with Crippen LogP contribution in [0.1, 0.15) is 32.8 Å². The van der Waals surface area contributed by atoms with Gasteiger partial charge >= 0.3 is 5.97 Å². The fraction of sp³-hybridized carbons (Fsp3) is 0.522. The SMILES string of the molecule is CC(C)(C)c1ccc(OC(=O)CN2C(=O)[C@H]3[C@@H]4C=C[C@@H]([C@H]5C[C@H]45)[C@@H]3C2=O)cc1. The van der Waals surface area contributed by atoms with Crippen LogP contribution in [0.2, 0.25) is 0 Å². The molecule has 1 aromatic carbocycles. The number of allylic oxidation sites excluding steroid dienone is 2. The smallest absolute Gasteiger partial charge is 0.331 e. The summed E-state index contributed by atoms with van der Waals surface area (Å²) in [4.78, 5) is 39.4. The summed E-state index contributed by atoms with van der Waals surface area (Å²) in [5, 5.41) is 0. The average Bonchev–Trinajstić information content (AvgIpc) is 3.43. The predicted molar refractivity (Wildman–Crippen MR) is 102 cm³/mol. The van der Waals surface area contributed by atoms with Gasteiger partial charge in [0.15, 0.2) is 0 Å². The van der Waals surface area contributed by atoms with Crippen molar-refractivity contribution in [3.63, 3.8) is 0 Å². The molecule has 1 saturated heterocycles. The quantitative estimate of drug-likeness (QED) is 0.351. The van der Waals surface area contributed by atoms with E-state index in [9.17, 15) is 14.4 Å². The lowest BCUT2D eigenvalue weighted by molar-refractivity contribution is -0.148. The lowest BCUT2D eigenvalue weighted by Crippen LogP contribution is -2.40. The van der Waals surface area contributed by atoms with Crippen molar-refractivity contribution >= 4 is 17.8 Å². The Kier molecular flexibility index (Phi) is 3.65. The van der Waals surface area contributed by atoms with Crippen LogP contribution in [0.4, 0.5) is 0 Å². The summed E-state index contributed by atoms with van der Waals surface area (Å²) in [6.07, 6.45) is 5.38. The second kappa shape index (κ2) is 5.79. The molecule has 1 heterocycles. The minimum Gasteiger partial charge on any atom is -0.425 e. The van der Waals surface area contributed by atoms with Gasteiger partial charge in [0.2, 0.25) is 11.8 Å². The van der Waals surface area contributed by atoms with Crippen LogP contribution in [0.5, 0.6) is 5.75 Å². The number of imide groups is 1. The molecule has 1 aromatic rings. The number of carbonyl (C=O) groups is 3. The van der Waals surface area contributed by atoms with Crippen molar-refractivity contribution in [2.24, 2.45) is 35.5 Å². The highest BCUT2D eigenvalue weighted by atomic mass is 16.5. The Balaban J connectivity index is 1.27. The number of likely N-dealkylation sites (tertiary alicyclic amines) is 1. The van der Waals surface area contributed by atoms with Gasteiger partial charge in [-0.25, -0.2) is 4.79 Å². The first-order chi connectivity index (χ1) is 13.3. The summed E-state index contributed by atoms with van der Waals surface area (Å²) >= 11 is 0. The van der Waals surface area contributed by atoms with Gasteiger partial charge < -0.3 is 4.74 Å². The highest BCUT2D eigenvalue weighted by Crippen LogP contribution is 2.65. The molecule has 0 N–H and O–H groups in total. The van der Waals surface area contributed by atoms with E-state index in [2.05, 4.69) is 32.9 Å². The summed E-state index contributed by atoms with van der Waals surface area (Å²) < 4.78 is 5.39. The van der Waals surface area contributed by atoms with Gasteiger partial charge in [-0.3, -0.25) is 14.5 Å².